The molecule has 0 spiro atoms. The molecule has 32 heavy (non-hydrogen) atoms. The fraction of sp³-hybridized carbons (Fsp3) is 0.238. The molecule has 1 aromatic heterocycles. The number of aromatic amines is 1. The van der Waals surface area contributed by atoms with Crippen LogP contribution in [-0.4, -0.2) is 57.7 Å². The molecule has 2 heterocycles. The molecule has 0 aliphatic carbocycles. The summed E-state index contributed by atoms with van der Waals surface area (Å²) < 4.78 is 38.1. The highest BCUT2D eigenvalue weighted by Gasteiger charge is 2.31. The molecule has 1 aliphatic rings. The molecule has 1 N–H and O–H groups in total. The van der Waals surface area contributed by atoms with Crippen molar-refractivity contribution in [1.29, 1.82) is 0 Å². The molecule has 0 bridgehead atoms. The van der Waals surface area contributed by atoms with Crippen LogP contribution in [0, 0.1) is 10.1 Å². The van der Waals surface area contributed by atoms with Gasteiger partial charge < -0.3 is 14.8 Å². The summed E-state index contributed by atoms with van der Waals surface area (Å²) in [7, 11) is 0. The lowest BCUT2D eigenvalue weighted by atomic mass is 10.1. The number of alkyl halides is 3. The van der Waals surface area contributed by atoms with Gasteiger partial charge in [0.15, 0.2) is 0 Å². The number of non-ortho nitro benzene ring substituents is 1. The zero-order chi connectivity index (χ0) is 23.0. The minimum Gasteiger partial charge on any atom is -0.360 e. The topological polar surface area (TPSA) is 99.6 Å². The number of benzene rings is 2. The van der Waals surface area contributed by atoms with Crippen molar-refractivity contribution in [1.82, 2.24) is 14.8 Å². The lowest BCUT2D eigenvalue weighted by molar-refractivity contribution is -0.384. The van der Waals surface area contributed by atoms with Gasteiger partial charge in [-0.3, -0.25) is 19.7 Å². The van der Waals surface area contributed by atoms with Crippen molar-refractivity contribution < 1.29 is 27.7 Å². The van der Waals surface area contributed by atoms with Crippen LogP contribution >= 0.6 is 0 Å². The van der Waals surface area contributed by atoms with Gasteiger partial charge in [-0.15, -0.1) is 0 Å². The number of carbonyl (C=O) groups is 2. The number of fused-ring (bicyclic) bond motifs is 1. The number of nitro groups is 1. The third kappa shape index (κ3) is 4.01. The summed E-state index contributed by atoms with van der Waals surface area (Å²) in [6, 6.07) is 8.22. The van der Waals surface area contributed by atoms with Gasteiger partial charge in [0.25, 0.3) is 17.5 Å². The molecule has 8 nitrogen and oxygen atoms in total. The average molecular weight is 446 g/mol. The number of H-pyrrole nitrogens is 1. The first kappa shape index (κ1) is 21.3. The molecular formula is C21H17F3N4O4. The Morgan fingerprint density at radius 3 is 2.09 bits per heavy atom. The first-order valence-electron chi connectivity index (χ1n) is 9.66. The zero-order valence-electron chi connectivity index (χ0n) is 16.6. The van der Waals surface area contributed by atoms with Crippen molar-refractivity contribution in [2.75, 3.05) is 26.2 Å². The molecule has 0 unspecified atom stereocenters. The Labute approximate surface area is 179 Å². The van der Waals surface area contributed by atoms with Gasteiger partial charge in [0.2, 0.25) is 0 Å². The maximum absolute atomic E-state index is 13.0. The summed E-state index contributed by atoms with van der Waals surface area (Å²) in [6.07, 6.45) is -2.98. The van der Waals surface area contributed by atoms with E-state index in [0.717, 1.165) is 24.3 Å². The van der Waals surface area contributed by atoms with E-state index in [0.29, 0.717) is 16.5 Å². The Hall–Kier alpha value is -3.89. The number of rotatable bonds is 3. The summed E-state index contributed by atoms with van der Waals surface area (Å²) in [6.45, 7) is 0.891. The normalized spacial score (nSPS) is 14.6. The standard InChI is InChI=1S/C21H17F3N4O4/c22-21(23,24)14-3-1-13(2-4-14)19(29)26-7-9-27(10-8-26)20(30)17-12-25-18-6-5-15(28(31)32)11-16(17)18/h1-6,11-12,25H,7-10H2. The van der Waals surface area contributed by atoms with Crippen LogP contribution in [0.2, 0.25) is 0 Å². The van der Waals surface area contributed by atoms with Gasteiger partial charge in [-0.2, -0.15) is 13.2 Å². The molecule has 2 aromatic carbocycles. The number of nitro benzene ring substituents is 1. The van der Waals surface area contributed by atoms with Gasteiger partial charge in [0.1, 0.15) is 0 Å². The summed E-state index contributed by atoms with van der Waals surface area (Å²) in [4.78, 5) is 42.0. The van der Waals surface area contributed by atoms with Crippen molar-refractivity contribution in [3.63, 3.8) is 0 Å². The molecule has 0 saturated carbocycles. The van der Waals surface area contributed by atoms with Gasteiger partial charge in [-0.25, -0.2) is 0 Å². The number of carbonyl (C=O) groups excluding carboxylic acids is 2. The molecule has 1 fully saturated rings. The third-order valence-electron chi connectivity index (χ3n) is 5.42. The molecule has 1 saturated heterocycles. The molecule has 11 heteroatoms. The lowest BCUT2D eigenvalue weighted by Crippen LogP contribution is -2.50. The number of nitrogens with one attached hydrogen (secondary N) is 1. The average Bonchev–Trinajstić information content (AvgIpc) is 3.21. The molecular weight excluding hydrogens is 429 g/mol. The van der Waals surface area contributed by atoms with E-state index >= 15 is 0 Å². The minimum atomic E-state index is -4.48. The van der Waals surface area contributed by atoms with Crippen molar-refractivity contribution in [3.05, 3.63) is 75.5 Å². The highest BCUT2D eigenvalue weighted by atomic mass is 19.4. The molecule has 0 radical (unpaired) electrons. The maximum atomic E-state index is 13.0. The van der Waals surface area contributed by atoms with Crippen molar-refractivity contribution in [2.24, 2.45) is 0 Å². The first-order valence-corrected chi connectivity index (χ1v) is 9.66. The van der Waals surface area contributed by atoms with Crippen molar-refractivity contribution in [3.8, 4) is 0 Å². The van der Waals surface area contributed by atoms with Crippen LogP contribution in [0.15, 0.2) is 48.7 Å². The molecule has 166 valence electrons. The number of halogens is 3. The van der Waals surface area contributed by atoms with Crippen LogP contribution in [-0.2, 0) is 6.18 Å². The van der Waals surface area contributed by atoms with Gasteiger partial charge >= 0.3 is 6.18 Å². The van der Waals surface area contributed by atoms with Crippen LogP contribution in [0.1, 0.15) is 26.3 Å². The van der Waals surface area contributed by atoms with Crippen molar-refractivity contribution >= 4 is 28.4 Å². The Morgan fingerprint density at radius 2 is 1.53 bits per heavy atom. The SMILES string of the molecule is O=C(c1ccc(C(F)(F)F)cc1)N1CCN(C(=O)c2c[nH]c3ccc([N+](=O)[O-])cc23)CC1. The quantitative estimate of drug-likeness (QED) is 0.490. The van der Waals surface area contributed by atoms with Gasteiger partial charge in [0, 0.05) is 61.0 Å². The summed E-state index contributed by atoms with van der Waals surface area (Å²) in [5, 5.41) is 11.5. The largest absolute Gasteiger partial charge is 0.416 e. The lowest BCUT2D eigenvalue weighted by Gasteiger charge is -2.34. The molecule has 2 amide bonds. The summed E-state index contributed by atoms with van der Waals surface area (Å²) >= 11 is 0. The molecule has 0 atom stereocenters. The van der Waals surface area contributed by atoms with E-state index < -0.39 is 22.6 Å². The zero-order valence-corrected chi connectivity index (χ0v) is 16.6. The Kier molecular flexibility index (Phi) is 5.33. The number of hydrogen-bond donors (Lipinski definition) is 1. The van der Waals surface area contributed by atoms with E-state index in [1.54, 1.807) is 0 Å². The number of nitrogens with zero attached hydrogens (tertiary/aromatic N) is 3. The number of piperazine rings is 1. The minimum absolute atomic E-state index is 0.127. The second kappa shape index (κ2) is 7.98. The monoisotopic (exact) mass is 446 g/mol. The van der Waals surface area contributed by atoms with E-state index in [9.17, 15) is 32.9 Å². The van der Waals surface area contributed by atoms with Gasteiger partial charge in [-0.1, -0.05) is 0 Å². The Bertz CT molecular complexity index is 1200. The molecule has 3 aromatic rings. The van der Waals surface area contributed by atoms with E-state index in [-0.39, 0.29) is 43.3 Å². The van der Waals surface area contributed by atoms with Gasteiger partial charge in [0.05, 0.1) is 16.1 Å². The number of amides is 2. The van der Waals surface area contributed by atoms with E-state index in [1.165, 1.54) is 34.2 Å². The predicted octanol–water partition coefficient (Wildman–Crippen LogP) is 3.69. The van der Waals surface area contributed by atoms with Crippen LogP contribution in [0.5, 0.6) is 0 Å². The van der Waals surface area contributed by atoms with Crippen LogP contribution in [0.3, 0.4) is 0 Å². The number of aromatic nitrogens is 1. The predicted molar refractivity (Wildman–Crippen MR) is 108 cm³/mol. The summed E-state index contributed by atoms with van der Waals surface area (Å²) in [5.41, 5.74) is 0.0736. The van der Waals surface area contributed by atoms with Crippen LogP contribution in [0.25, 0.3) is 10.9 Å². The maximum Gasteiger partial charge on any atom is 0.416 e. The van der Waals surface area contributed by atoms with E-state index in [1.807, 2.05) is 0 Å². The highest BCUT2D eigenvalue weighted by Crippen LogP contribution is 2.29. The third-order valence-corrected chi connectivity index (χ3v) is 5.42. The van der Waals surface area contributed by atoms with Crippen LogP contribution < -0.4 is 0 Å². The Morgan fingerprint density at radius 1 is 0.938 bits per heavy atom. The molecule has 1 aliphatic heterocycles. The van der Waals surface area contributed by atoms with Crippen molar-refractivity contribution in [2.45, 2.75) is 6.18 Å². The van der Waals surface area contributed by atoms with E-state index in [4.69, 9.17) is 0 Å². The highest BCUT2D eigenvalue weighted by molar-refractivity contribution is 6.07. The fourth-order valence-electron chi connectivity index (χ4n) is 3.67. The van der Waals surface area contributed by atoms with Crippen LogP contribution in [0.4, 0.5) is 18.9 Å². The second-order valence-electron chi connectivity index (χ2n) is 7.35. The Balaban J connectivity index is 1.44. The summed E-state index contributed by atoms with van der Waals surface area (Å²) in [5.74, 6) is -0.730. The van der Waals surface area contributed by atoms with E-state index in [2.05, 4.69) is 4.98 Å². The van der Waals surface area contributed by atoms with Gasteiger partial charge in [-0.05, 0) is 30.3 Å². The second-order valence-corrected chi connectivity index (χ2v) is 7.35. The fourth-order valence-corrected chi connectivity index (χ4v) is 3.67. The number of hydrogen-bond acceptors (Lipinski definition) is 4. The first-order chi connectivity index (χ1) is 15.1. The molecule has 4 rings (SSSR count). The smallest absolute Gasteiger partial charge is 0.360 e.